The van der Waals surface area contributed by atoms with E-state index >= 15 is 0 Å². The van der Waals surface area contributed by atoms with Crippen molar-refractivity contribution in [1.29, 1.82) is 0 Å². The van der Waals surface area contributed by atoms with E-state index in [1.54, 1.807) is 31.2 Å². The zero-order valence-electron chi connectivity index (χ0n) is 13.3. The van der Waals surface area contributed by atoms with Crippen molar-refractivity contribution in [3.05, 3.63) is 51.7 Å². The first-order chi connectivity index (χ1) is 11.9. The van der Waals surface area contributed by atoms with E-state index in [1.807, 2.05) is 6.07 Å². The molecule has 1 amide bonds. The molecule has 1 aromatic carbocycles. The van der Waals surface area contributed by atoms with Crippen LogP contribution in [0.2, 0.25) is 0 Å². The van der Waals surface area contributed by atoms with Crippen molar-refractivity contribution in [2.45, 2.75) is 11.8 Å². The second kappa shape index (κ2) is 6.90. The summed E-state index contributed by atoms with van der Waals surface area (Å²) in [5.74, 6) is -0.412. The summed E-state index contributed by atoms with van der Waals surface area (Å²) in [6.07, 6.45) is 0. The Hall–Kier alpha value is -2.30. The minimum atomic E-state index is -3.74. The Morgan fingerprint density at radius 3 is 2.56 bits per heavy atom. The summed E-state index contributed by atoms with van der Waals surface area (Å²) in [7, 11) is -2.26. The van der Waals surface area contributed by atoms with Gasteiger partial charge in [-0.05, 0) is 25.1 Å². The summed E-state index contributed by atoms with van der Waals surface area (Å²) in [4.78, 5) is 12.6. The Morgan fingerprint density at radius 1 is 1.20 bits per heavy atom. The Balaban J connectivity index is 1.81. The Bertz CT molecular complexity index is 996. The fraction of sp³-hybridized carbons (Fsp3) is 0.133. The number of benzene rings is 1. The van der Waals surface area contributed by atoms with Crippen LogP contribution < -0.4 is 9.62 Å². The molecule has 0 atom stereocenters. The number of carbonyl (C=O) groups excluding carboxylic acids is 1. The van der Waals surface area contributed by atoms with Crippen molar-refractivity contribution >= 4 is 49.4 Å². The molecule has 25 heavy (non-hydrogen) atoms. The number of thiophene rings is 1. The van der Waals surface area contributed by atoms with Gasteiger partial charge >= 0.3 is 0 Å². The van der Waals surface area contributed by atoms with Gasteiger partial charge in [0.15, 0.2) is 0 Å². The van der Waals surface area contributed by atoms with Gasteiger partial charge in [0.25, 0.3) is 15.9 Å². The zero-order chi connectivity index (χ0) is 18.0. The number of sulfonamides is 1. The van der Waals surface area contributed by atoms with Crippen LogP contribution in [0.15, 0.2) is 46.7 Å². The van der Waals surface area contributed by atoms with Crippen molar-refractivity contribution in [3.8, 4) is 0 Å². The number of amides is 1. The summed E-state index contributed by atoms with van der Waals surface area (Å²) in [5.41, 5.74) is 0.545. The molecule has 0 aliphatic heterocycles. The zero-order valence-corrected chi connectivity index (χ0v) is 15.8. The Kier molecular flexibility index (Phi) is 4.84. The second-order valence-electron chi connectivity index (χ2n) is 5.04. The molecule has 130 valence electrons. The minimum Gasteiger partial charge on any atom is -0.296 e. The molecule has 0 radical (unpaired) electrons. The topological polar surface area (TPSA) is 92.3 Å². The number of nitrogens with zero attached hydrogens (tertiary/aromatic N) is 3. The molecule has 0 saturated heterocycles. The Labute approximate surface area is 153 Å². The van der Waals surface area contributed by atoms with Crippen LogP contribution in [0, 0.1) is 6.92 Å². The van der Waals surface area contributed by atoms with Crippen LogP contribution in [0.25, 0.3) is 0 Å². The van der Waals surface area contributed by atoms with Crippen LogP contribution in [0.4, 0.5) is 10.8 Å². The molecule has 0 unspecified atom stereocenters. The normalized spacial score (nSPS) is 11.3. The lowest BCUT2D eigenvalue weighted by Gasteiger charge is -2.18. The van der Waals surface area contributed by atoms with Crippen LogP contribution in [-0.4, -0.2) is 31.6 Å². The van der Waals surface area contributed by atoms with Gasteiger partial charge in [-0.15, -0.1) is 21.5 Å². The molecule has 1 N–H and O–H groups in total. The van der Waals surface area contributed by atoms with Gasteiger partial charge in [-0.1, -0.05) is 29.5 Å². The first-order valence-corrected chi connectivity index (χ1v) is 10.3. The van der Waals surface area contributed by atoms with Gasteiger partial charge in [0, 0.05) is 12.4 Å². The van der Waals surface area contributed by atoms with Crippen LogP contribution in [0.3, 0.4) is 0 Å². The predicted molar refractivity (Wildman–Crippen MR) is 98.9 cm³/mol. The molecule has 0 fully saturated rings. The molecule has 0 aliphatic rings. The molecule has 10 heteroatoms. The molecule has 0 aliphatic carbocycles. The van der Waals surface area contributed by atoms with Crippen molar-refractivity contribution in [2.24, 2.45) is 0 Å². The first-order valence-electron chi connectivity index (χ1n) is 7.12. The maximum Gasteiger partial charge on any atom is 0.267 e. The first kappa shape index (κ1) is 17.5. The van der Waals surface area contributed by atoms with E-state index in [4.69, 9.17) is 0 Å². The largest absolute Gasteiger partial charge is 0.296 e. The van der Waals surface area contributed by atoms with Gasteiger partial charge < -0.3 is 0 Å². The maximum absolute atomic E-state index is 12.7. The third-order valence-electron chi connectivity index (χ3n) is 3.32. The summed E-state index contributed by atoms with van der Waals surface area (Å²) >= 11 is 2.31. The predicted octanol–water partition coefficient (Wildman–Crippen LogP) is 2.99. The molecule has 2 aromatic heterocycles. The standard InChI is InChI=1S/C15H14N4O3S3/c1-10-17-18-15(24-10)16-14(20)13-8-12(9-23-13)25(21,22)19(2)11-6-4-3-5-7-11/h3-9H,1-2H3,(H,16,18,20). The number of aryl methyl sites for hydroxylation is 1. The van der Waals surface area contributed by atoms with Crippen molar-refractivity contribution < 1.29 is 13.2 Å². The van der Waals surface area contributed by atoms with Gasteiger partial charge in [0.1, 0.15) is 5.01 Å². The van der Waals surface area contributed by atoms with Crippen molar-refractivity contribution in [2.75, 3.05) is 16.7 Å². The highest BCUT2D eigenvalue weighted by molar-refractivity contribution is 7.93. The third kappa shape index (κ3) is 3.70. The van der Waals surface area contributed by atoms with Crippen molar-refractivity contribution in [1.82, 2.24) is 10.2 Å². The molecular formula is C15H14N4O3S3. The highest BCUT2D eigenvalue weighted by Gasteiger charge is 2.24. The van der Waals surface area contributed by atoms with Gasteiger partial charge in [0.05, 0.1) is 15.5 Å². The highest BCUT2D eigenvalue weighted by Crippen LogP contribution is 2.26. The molecule has 7 nitrogen and oxygen atoms in total. The number of hydrogen-bond donors (Lipinski definition) is 1. The van der Waals surface area contributed by atoms with Crippen LogP contribution in [-0.2, 0) is 10.0 Å². The molecule has 0 bridgehead atoms. The van der Waals surface area contributed by atoms with E-state index in [2.05, 4.69) is 15.5 Å². The second-order valence-corrected chi connectivity index (χ2v) is 9.10. The lowest BCUT2D eigenvalue weighted by molar-refractivity contribution is 0.103. The summed E-state index contributed by atoms with van der Waals surface area (Å²) in [6, 6.07) is 10.1. The molecule has 2 heterocycles. The lowest BCUT2D eigenvalue weighted by atomic mass is 10.3. The molecule has 3 aromatic rings. The number of anilines is 2. The average Bonchev–Trinajstić information content (AvgIpc) is 3.24. The fourth-order valence-electron chi connectivity index (χ4n) is 2.01. The van der Waals surface area contributed by atoms with E-state index in [0.717, 1.165) is 16.3 Å². The maximum atomic E-state index is 12.7. The van der Waals surface area contributed by atoms with Gasteiger partial charge in [-0.2, -0.15) is 0 Å². The van der Waals surface area contributed by atoms with E-state index in [1.165, 1.54) is 34.1 Å². The third-order valence-corrected chi connectivity index (χ3v) is 6.92. The number of carbonyl (C=O) groups is 1. The number of hydrogen-bond acceptors (Lipinski definition) is 7. The van der Waals surface area contributed by atoms with E-state index in [9.17, 15) is 13.2 Å². The van der Waals surface area contributed by atoms with Crippen LogP contribution >= 0.6 is 22.7 Å². The summed E-state index contributed by atoms with van der Waals surface area (Å²) in [6.45, 7) is 1.78. The van der Waals surface area contributed by atoms with Gasteiger partial charge in [0.2, 0.25) is 5.13 Å². The van der Waals surface area contributed by atoms with E-state index < -0.39 is 15.9 Å². The number of nitrogens with one attached hydrogen (secondary N) is 1. The van der Waals surface area contributed by atoms with Crippen LogP contribution in [0.1, 0.15) is 14.7 Å². The molecular weight excluding hydrogens is 380 g/mol. The number of rotatable bonds is 5. The van der Waals surface area contributed by atoms with Gasteiger partial charge in [-0.25, -0.2) is 8.42 Å². The number of aromatic nitrogens is 2. The minimum absolute atomic E-state index is 0.0717. The van der Waals surface area contributed by atoms with Crippen molar-refractivity contribution in [3.63, 3.8) is 0 Å². The molecule has 3 rings (SSSR count). The van der Waals surface area contributed by atoms with Crippen LogP contribution in [0.5, 0.6) is 0 Å². The summed E-state index contributed by atoms with van der Waals surface area (Å²) < 4.78 is 26.6. The smallest absolute Gasteiger partial charge is 0.267 e. The SMILES string of the molecule is Cc1nnc(NC(=O)c2cc(S(=O)(=O)N(C)c3ccccc3)cs2)s1. The number of para-hydroxylation sites is 1. The van der Waals surface area contributed by atoms with Gasteiger partial charge in [-0.3, -0.25) is 14.4 Å². The average molecular weight is 395 g/mol. The van der Waals surface area contributed by atoms with E-state index in [-0.39, 0.29) is 9.77 Å². The quantitative estimate of drug-likeness (QED) is 0.718. The Morgan fingerprint density at radius 2 is 1.92 bits per heavy atom. The monoisotopic (exact) mass is 394 g/mol. The molecule has 0 saturated carbocycles. The van der Waals surface area contributed by atoms with E-state index in [0.29, 0.717) is 10.8 Å². The highest BCUT2D eigenvalue weighted by atomic mass is 32.2. The molecule has 0 spiro atoms. The summed E-state index contributed by atoms with van der Waals surface area (Å²) in [5, 5.41) is 12.8. The fourth-order valence-corrected chi connectivity index (χ4v) is 4.95. The lowest BCUT2D eigenvalue weighted by Crippen LogP contribution is -2.26.